The smallest absolute Gasteiger partial charge is 0.171 e. The van der Waals surface area contributed by atoms with E-state index in [9.17, 15) is 0 Å². The highest BCUT2D eigenvalue weighted by Crippen LogP contribution is 2.11. The number of nitrogens with zero attached hydrogens (tertiary/aromatic N) is 2. The highest BCUT2D eigenvalue weighted by atomic mass is 15.4. The van der Waals surface area contributed by atoms with Crippen LogP contribution in [-0.4, -0.2) is 15.4 Å². The molecule has 0 aliphatic heterocycles. The summed E-state index contributed by atoms with van der Waals surface area (Å²) in [6, 6.07) is 8.30. The van der Waals surface area contributed by atoms with Crippen LogP contribution in [0.4, 0.5) is 5.82 Å². The van der Waals surface area contributed by atoms with E-state index in [1.165, 1.54) is 11.1 Å². The van der Waals surface area contributed by atoms with E-state index in [2.05, 4.69) is 39.8 Å². The lowest BCUT2D eigenvalue weighted by Crippen LogP contribution is -2.02. The Bertz CT molecular complexity index is 447. The zero-order valence-corrected chi connectivity index (χ0v) is 8.91. The number of H-pyrrole nitrogens is 1. The molecule has 1 aromatic carbocycles. The Morgan fingerprint density at radius 2 is 2.00 bits per heavy atom. The quantitative estimate of drug-likeness (QED) is 0.800. The molecule has 0 fully saturated rings. The Morgan fingerprint density at radius 3 is 2.67 bits per heavy atom. The number of benzene rings is 1. The van der Waals surface area contributed by atoms with E-state index in [1.54, 1.807) is 0 Å². The van der Waals surface area contributed by atoms with Crippen LogP contribution in [0, 0.1) is 13.8 Å². The van der Waals surface area contributed by atoms with E-state index >= 15 is 0 Å². The minimum atomic E-state index is 0.778. The molecule has 2 aromatic rings. The summed E-state index contributed by atoms with van der Waals surface area (Å²) in [5.41, 5.74) is 3.45. The maximum atomic E-state index is 4.01. The van der Waals surface area contributed by atoms with E-state index in [1.807, 2.05) is 19.1 Å². The summed E-state index contributed by atoms with van der Waals surface area (Å²) in [6.07, 6.45) is 0. The number of anilines is 1. The Kier molecular flexibility index (Phi) is 2.67. The summed E-state index contributed by atoms with van der Waals surface area (Å²) in [5.74, 6) is 0.818. The van der Waals surface area contributed by atoms with Crippen LogP contribution in [0.15, 0.2) is 24.3 Å². The molecule has 2 N–H and O–H groups in total. The molecule has 0 saturated heterocycles. The van der Waals surface area contributed by atoms with Crippen LogP contribution < -0.4 is 5.32 Å². The van der Waals surface area contributed by atoms with Crippen molar-refractivity contribution in [2.45, 2.75) is 20.4 Å². The van der Waals surface area contributed by atoms with E-state index in [4.69, 9.17) is 0 Å². The Hall–Kier alpha value is -1.84. The zero-order chi connectivity index (χ0) is 10.7. The monoisotopic (exact) mass is 202 g/mol. The van der Waals surface area contributed by atoms with Crippen LogP contribution in [0.3, 0.4) is 0 Å². The largest absolute Gasteiger partial charge is 0.363 e. The molecular weight excluding hydrogens is 188 g/mol. The average molecular weight is 202 g/mol. The highest BCUT2D eigenvalue weighted by molar-refractivity contribution is 5.39. The van der Waals surface area contributed by atoms with Gasteiger partial charge < -0.3 is 5.32 Å². The fourth-order valence-corrected chi connectivity index (χ4v) is 1.44. The third-order valence-corrected chi connectivity index (χ3v) is 2.43. The van der Waals surface area contributed by atoms with Gasteiger partial charge in [0.2, 0.25) is 0 Å². The molecule has 1 aromatic heterocycles. The topological polar surface area (TPSA) is 53.6 Å². The summed E-state index contributed by atoms with van der Waals surface area (Å²) in [4.78, 5) is 0. The molecule has 0 saturated carbocycles. The van der Waals surface area contributed by atoms with Gasteiger partial charge in [-0.2, -0.15) is 10.3 Å². The second kappa shape index (κ2) is 4.13. The molecule has 0 amide bonds. The average Bonchev–Trinajstić information content (AvgIpc) is 2.63. The SMILES string of the molecule is Cc1ccccc1CNc1n[nH]nc1C. The molecule has 0 bridgehead atoms. The van der Waals surface area contributed by atoms with Gasteiger partial charge in [-0.1, -0.05) is 24.3 Å². The van der Waals surface area contributed by atoms with Crippen LogP contribution >= 0.6 is 0 Å². The number of aromatic nitrogens is 3. The summed E-state index contributed by atoms with van der Waals surface area (Å²) in [6.45, 7) is 4.80. The summed E-state index contributed by atoms with van der Waals surface area (Å²) in [5, 5.41) is 13.8. The van der Waals surface area contributed by atoms with Crippen LogP contribution in [0.2, 0.25) is 0 Å². The number of aromatic amines is 1. The number of hydrogen-bond acceptors (Lipinski definition) is 3. The van der Waals surface area contributed by atoms with Gasteiger partial charge in [0.1, 0.15) is 5.69 Å². The number of nitrogens with one attached hydrogen (secondary N) is 2. The Balaban J connectivity index is 2.06. The Morgan fingerprint density at radius 1 is 1.20 bits per heavy atom. The van der Waals surface area contributed by atoms with Gasteiger partial charge in [-0.05, 0) is 25.0 Å². The third kappa shape index (κ3) is 2.15. The van der Waals surface area contributed by atoms with Crippen molar-refractivity contribution >= 4 is 5.82 Å². The van der Waals surface area contributed by atoms with Gasteiger partial charge in [0.05, 0.1) is 0 Å². The third-order valence-electron chi connectivity index (χ3n) is 2.43. The fourth-order valence-electron chi connectivity index (χ4n) is 1.44. The van der Waals surface area contributed by atoms with Crippen molar-refractivity contribution in [3.05, 3.63) is 41.1 Å². The van der Waals surface area contributed by atoms with Gasteiger partial charge in [-0.3, -0.25) is 0 Å². The molecule has 4 heteroatoms. The van der Waals surface area contributed by atoms with Crippen LogP contribution in [0.5, 0.6) is 0 Å². The van der Waals surface area contributed by atoms with Crippen molar-refractivity contribution in [1.82, 2.24) is 15.4 Å². The van der Waals surface area contributed by atoms with Crippen molar-refractivity contribution in [2.75, 3.05) is 5.32 Å². The fraction of sp³-hybridized carbons (Fsp3) is 0.273. The molecule has 1 heterocycles. The lowest BCUT2D eigenvalue weighted by molar-refractivity contribution is 0.926. The lowest BCUT2D eigenvalue weighted by Gasteiger charge is -2.06. The standard InChI is InChI=1S/C11H14N4/c1-8-5-3-4-6-10(8)7-12-11-9(2)13-15-14-11/h3-6H,7H2,1-2H3,(H2,12,13,14,15). The molecule has 0 unspecified atom stereocenters. The Labute approximate surface area is 88.7 Å². The number of aryl methyl sites for hydroxylation is 2. The number of hydrogen-bond donors (Lipinski definition) is 2. The molecule has 0 aliphatic carbocycles. The second-order valence-electron chi connectivity index (χ2n) is 3.54. The summed E-state index contributed by atoms with van der Waals surface area (Å²) >= 11 is 0. The molecule has 0 spiro atoms. The first-order chi connectivity index (χ1) is 7.27. The zero-order valence-electron chi connectivity index (χ0n) is 8.91. The van der Waals surface area contributed by atoms with Crippen molar-refractivity contribution in [1.29, 1.82) is 0 Å². The van der Waals surface area contributed by atoms with Gasteiger partial charge in [-0.25, -0.2) is 0 Å². The van der Waals surface area contributed by atoms with Gasteiger partial charge in [0.25, 0.3) is 0 Å². The summed E-state index contributed by atoms with van der Waals surface area (Å²) in [7, 11) is 0. The molecule has 4 nitrogen and oxygen atoms in total. The normalized spacial score (nSPS) is 10.3. The minimum absolute atomic E-state index is 0.778. The molecular formula is C11H14N4. The first-order valence-electron chi connectivity index (χ1n) is 4.93. The molecule has 2 rings (SSSR count). The minimum Gasteiger partial charge on any atom is -0.363 e. The predicted molar refractivity (Wildman–Crippen MR) is 59.6 cm³/mol. The van der Waals surface area contributed by atoms with E-state index in [0.29, 0.717) is 0 Å². The molecule has 0 radical (unpaired) electrons. The van der Waals surface area contributed by atoms with Crippen molar-refractivity contribution in [3.8, 4) is 0 Å². The maximum Gasteiger partial charge on any atom is 0.171 e. The van der Waals surface area contributed by atoms with E-state index in [-0.39, 0.29) is 0 Å². The van der Waals surface area contributed by atoms with Crippen LogP contribution in [0.25, 0.3) is 0 Å². The van der Waals surface area contributed by atoms with Crippen molar-refractivity contribution in [3.63, 3.8) is 0 Å². The van der Waals surface area contributed by atoms with Crippen molar-refractivity contribution in [2.24, 2.45) is 0 Å². The van der Waals surface area contributed by atoms with Crippen LogP contribution in [0.1, 0.15) is 16.8 Å². The first-order valence-corrected chi connectivity index (χ1v) is 4.93. The van der Waals surface area contributed by atoms with E-state index < -0.39 is 0 Å². The molecule has 0 aliphatic rings. The summed E-state index contributed by atoms with van der Waals surface area (Å²) < 4.78 is 0. The van der Waals surface area contributed by atoms with Crippen molar-refractivity contribution < 1.29 is 0 Å². The van der Waals surface area contributed by atoms with Gasteiger partial charge in [0, 0.05) is 6.54 Å². The molecule has 0 atom stereocenters. The van der Waals surface area contributed by atoms with Gasteiger partial charge >= 0.3 is 0 Å². The van der Waals surface area contributed by atoms with E-state index in [0.717, 1.165) is 18.1 Å². The predicted octanol–water partition coefficient (Wildman–Crippen LogP) is 2.03. The first kappa shape index (κ1) is 9.71. The van der Waals surface area contributed by atoms with Gasteiger partial charge in [0.15, 0.2) is 5.82 Å². The maximum absolute atomic E-state index is 4.01. The lowest BCUT2D eigenvalue weighted by atomic mass is 10.1. The van der Waals surface area contributed by atoms with Crippen LogP contribution in [-0.2, 0) is 6.54 Å². The molecule has 78 valence electrons. The second-order valence-corrected chi connectivity index (χ2v) is 3.54. The number of rotatable bonds is 3. The molecule has 15 heavy (non-hydrogen) atoms. The van der Waals surface area contributed by atoms with Gasteiger partial charge in [-0.15, -0.1) is 5.10 Å². The highest BCUT2D eigenvalue weighted by Gasteiger charge is 2.02.